The maximum absolute atomic E-state index is 13.2. The third-order valence-corrected chi connectivity index (χ3v) is 4.01. The smallest absolute Gasteiger partial charge is 0.254 e. The minimum atomic E-state index is -1.05. The van der Waals surface area contributed by atoms with Crippen LogP contribution < -0.4 is 0 Å². The lowest BCUT2D eigenvalue weighted by Gasteiger charge is -2.41. The molecular weight excluding hydrogens is 294 g/mol. The van der Waals surface area contributed by atoms with Crippen molar-refractivity contribution in [3.05, 3.63) is 35.4 Å². The van der Waals surface area contributed by atoms with Gasteiger partial charge in [-0.3, -0.25) is 9.59 Å². The molecule has 2 heterocycles. The SMILES string of the molecule is O=C(c1ccc(F)c(F)c1)N1CC(C(=O)N2CCOCC2)C1. The summed E-state index contributed by atoms with van der Waals surface area (Å²) in [6.07, 6.45) is 0. The molecule has 2 aliphatic heterocycles. The highest BCUT2D eigenvalue weighted by Crippen LogP contribution is 2.22. The van der Waals surface area contributed by atoms with E-state index in [2.05, 4.69) is 0 Å². The van der Waals surface area contributed by atoms with Crippen LogP contribution in [-0.4, -0.2) is 61.0 Å². The first kappa shape index (κ1) is 14.9. The Morgan fingerprint density at radius 3 is 2.36 bits per heavy atom. The van der Waals surface area contributed by atoms with Crippen molar-refractivity contribution >= 4 is 11.8 Å². The zero-order chi connectivity index (χ0) is 15.7. The summed E-state index contributed by atoms with van der Waals surface area (Å²) in [6.45, 7) is 2.85. The van der Waals surface area contributed by atoms with Crippen molar-refractivity contribution in [2.24, 2.45) is 5.92 Å². The number of morpholine rings is 1. The Labute approximate surface area is 126 Å². The van der Waals surface area contributed by atoms with Crippen LogP contribution in [0.5, 0.6) is 0 Å². The molecule has 3 rings (SSSR count). The Kier molecular flexibility index (Phi) is 4.06. The maximum Gasteiger partial charge on any atom is 0.254 e. The van der Waals surface area contributed by atoms with E-state index in [4.69, 9.17) is 4.74 Å². The van der Waals surface area contributed by atoms with E-state index in [1.54, 1.807) is 4.90 Å². The highest BCUT2D eigenvalue weighted by Gasteiger charge is 2.38. The molecule has 2 amide bonds. The second-order valence-electron chi connectivity index (χ2n) is 5.47. The van der Waals surface area contributed by atoms with Crippen LogP contribution in [0.15, 0.2) is 18.2 Å². The van der Waals surface area contributed by atoms with Crippen molar-refractivity contribution in [1.29, 1.82) is 0 Å². The van der Waals surface area contributed by atoms with Crippen molar-refractivity contribution in [2.45, 2.75) is 0 Å². The Morgan fingerprint density at radius 1 is 1.05 bits per heavy atom. The lowest BCUT2D eigenvalue weighted by atomic mass is 9.97. The first-order valence-corrected chi connectivity index (χ1v) is 7.17. The molecule has 0 spiro atoms. The number of benzene rings is 1. The third kappa shape index (κ3) is 2.81. The quantitative estimate of drug-likeness (QED) is 0.815. The van der Waals surface area contributed by atoms with Crippen LogP contribution in [-0.2, 0) is 9.53 Å². The number of amides is 2. The minimum Gasteiger partial charge on any atom is -0.378 e. The molecule has 2 saturated heterocycles. The average molecular weight is 310 g/mol. The number of hydrogen-bond acceptors (Lipinski definition) is 3. The monoisotopic (exact) mass is 310 g/mol. The lowest BCUT2D eigenvalue weighted by Crippen LogP contribution is -2.57. The van der Waals surface area contributed by atoms with E-state index in [9.17, 15) is 18.4 Å². The van der Waals surface area contributed by atoms with E-state index in [1.165, 1.54) is 11.0 Å². The summed E-state index contributed by atoms with van der Waals surface area (Å²) >= 11 is 0. The van der Waals surface area contributed by atoms with Crippen molar-refractivity contribution in [3.63, 3.8) is 0 Å². The van der Waals surface area contributed by atoms with E-state index in [1.807, 2.05) is 0 Å². The van der Waals surface area contributed by atoms with Gasteiger partial charge >= 0.3 is 0 Å². The summed E-state index contributed by atoms with van der Waals surface area (Å²) < 4.78 is 31.2. The Morgan fingerprint density at radius 2 is 1.73 bits per heavy atom. The highest BCUT2D eigenvalue weighted by atomic mass is 19.2. The summed E-state index contributed by atoms with van der Waals surface area (Å²) in [5, 5.41) is 0. The Balaban J connectivity index is 1.57. The Bertz CT molecular complexity index is 596. The van der Waals surface area contributed by atoms with Gasteiger partial charge in [-0.1, -0.05) is 0 Å². The Hall–Kier alpha value is -2.02. The number of carbonyl (C=O) groups is 2. The van der Waals surface area contributed by atoms with Crippen LogP contribution in [0.2, 0.25) is 0 Å². The van der Waals surface area contributed by atoms with Gasteiger partial charge in [-0.25, -0.2) is 8.78 Å². The van der Waals surface area contributed by atoms with E-state index < -0.39 is 11.6 Å². The van der Waals surface area contributed by atoms with Gasteiger partial charge < -0.3 is 14.5 Å². The van der Waals surface area contributed by atoms with Crippen molar-refractivity contribution in [1.82, 2.24) is 9.80 Å². The van der Waals surface area contributed by atoms with Crippen LogP contribution >= 0.6 is 0 Å². The summed E-state index contributed by atoms with van der Waals surface area (Å²) in [5.41, 5.74) is 0.0937. The highest BCUT2D eigenvalue weighted by molar-refractivity contribution is 5.96. The number of carbonyl (C=O) groups excluding carboxylic acids is 2. The first-order chi connectivity index (χ1) is 10.6. The van der Waals surface area contributed by atoms with Crippen molar-refractivity contribution in [2.75, 3.05) is 39.4 Å². The molecule has 0 atom stereocenters. The third-order valence-electron chi connectivity index (χ3n) is 4.01. The molecule has 0 saturated carbocycles. The van der Waals surface area contributed by atoms with Gasteiger partial charge in [-0.2, -0.15) is 0 Å². The minimum absolute atomic E-state index is 0.0256. The van der Waals surface area contributed by atoms with Gasteiger partial charge in [0.2, 0.25) is 5.91 Å². The zero-order valence-corrected chi connectivity index (χ0v) is 11.9. The van der Waals surface area contributed by atoms with Crippen molar-refractivity contribution < 1.29 is 23.1 Å². The summed E-state index contributed by atoms with van der Waals surface area (Å²) in [7, 11) is 0. The molecule has 1 aromatic carbocycles. The molecule has 0 aliphatic carbocycles. The number of likely N-dealkylation sites (tertiary alicyclic amines) is 1. The van der Waals surface area contributed by atoms with Crippen LogP contribution in [0.4, 0.5) is 8.78 Å². The maximum atomic E-state index is 13.2. The van der Waals surface area contributed by atoms with E-state index in [0.29, 0.717) is 39.4 Å². The molecule has 22 heavy (non-hydrogen) atoms. The molecule has 0 bridgehead atoms. The second-order valence-corrected chi connectivity index (χ2v) is 5.47. The molecule has 118 valence electrons. The van der Waals surface area contributed by atoms with E-state index in [-0.39, 0.29) is 23.3 Å². The predicted octanol–water partition coefficient (Wildman–Crippen LogP) is 0.896. The van der Waals surface area contributed by atoms with Crippen LogP contribution in [0.3, 0.4) is 0 Å². The standard InChI is InChI=1S/C15H16F2N2O3/c16-12-2-1-10(7-13(12)17)14(20)19-8-11(9-19)15(21)18-3-5-22-6-4-18/h1-2,7,11H,3-6,8-9H2. The fourth-order valence-electron chi connectivity index (χ4n) is 2.65. The first-order valence-electron chi connectivity index (χ1n) is 7.17. The average Bonchev–Trinajstić information content (AvgIpc) is 2.49. The van der Waals surface area contributed by atoms with Crippen LogP contribution in [0.1, 0.15) is 10.4 Å². The van der Waals surface area contributed by atoms with Gasteiger partial charge in [-0.05, 0) is 18.2 Å². The zero-order valence-electron chi connectivity index (χ0n) is 11.9. The van der Waals surface area contributed by atoms with Gasteiger partial charge in [0.25, 0.3) is 5.91 Å². The summed E-state index contributed by atoms with van der Waals surface area (Å²) in [5.74, 6) is -2.61. The molecule has 0 aromatic heterocycles. The normalized spacial score (nSPS) is 19.0. The molecular formula is C15H16F2N2O3. The number of rotatable bonds is 2. The predicted molar refractivity (Wildman–Crippen MR) is 73.2 cm³/mol. The largest absolute Gasteiger partial charge is 0.378 e. The van der Waals surface area contributed by atoms with Crippen molar-refractivity contribution in [3.8, 4) is 0 Å². The topological polar surface area (TPSA) is 49.9 Å². The van der Waals surface area contributed by atoms with Crippen LogP contribution in [0.25, 0.3) is 0 Å². The fourth-order valence-corrected chi connectivity index (χ4v) is 2.65. The number of hydrogen-bond donors (Lipinski definition) is 0. The van der Waals surface area contributed by atoms with Gasteiger partial charge in [0.05, 0.1) is 19.1 Å². The summed E-state index contributed by atoms with van der Waals surface area (Å²) in [4.78, 5) is 27.5. The second kappa shape index (κ2) is 6.00. The van der Waals surface area contributed by atoms with E-state index >= 15 is 0 Å². The van der Waals surface area contributed by atoms with Gasteiger partial charge in [0.15, 0.2) is 11.6 Å². The fraction of sp³-hybridized carbons (Fsp3) is 0.467. The molecule has 0 unspecified atom stereocenters. The van der Waals surface area contributed by atoms with Gasteiger partial charge in [0.1, 0.15) is 0 Å². The van der Waals surface area contributed by atoms with Gasteiger partial charge in [0, 0.05) is 31.7 Å². The molecule has 2 fully saturated rings. The number of nitrogens with zero attached hydrogens (tertiary/aromatic N) is 2. The summed E-state index contributed by atoms with van der Waals surface area (Å²) in [6, 6.07) is 3.06. The molecule has 2 aliphatic rings. The molecule has 1 aromatic rings. The molecule has 0 radical (unpaired) electrons. The molecule has 5 nitrogen and oxygen atoms in total. The molecule has 0 N–H and O–H groups in total. The lowest BCUT2D eigenvalue weighted by molar-refractivity contribution is -0.143. The molecule has 7 heteroatoms. The van der Waals surface area contributed by atoms with Gasteiger partial charge in [-0.15, -0.1) is 0 Å². The number of halogens is 2. The van der Waals surface area contributed by atoms with Crippen LogP contribution in [0, 0.1) is 17.6 Å². The van der Waals surface area contributed by atoms with E-state index in [0.717, 1.165) is 12.1 Å². The number of ether oxygens (including phenoxy) is 1.